The van der Waals surface area contributed by atoms with Crippen LogP contribution in [0.2, 0.25) is 0 Å². The van der Waals surface area contributed by atoms with Crippen molar-refractivity contribution in [2.75, 3.05) is 0 Å². The van der Waals surface area contributed by atoms with E-state index in [1.54, 1.807) is 11.1 Å². The number of allylic oxidation sites excluding steroid dienone is 4. The fraction of sp³-hybridized carbons (Fsp3) is 0.714. The Morgan fingerprint density at radius 1 is 1.00 bits per heavy atom. The second-order valence-corrected chi connectivity index (χ2v) is 5.36. The molecule has 0 N–H and O–H groups in total. The molecule has 0 bridgehead atoms. The van der Waals surface area contributed by atoms with Crippen LogP contribution in [-0.4, -0.2) is 0 Å². The molecule has 0 saturated carbocycles. The third-order valence-electron chi connectivity index (χ3n) is 2.72. The van der Waals surface area contributed by atoms with Gasteiger partial charge in [-0.05, 0) is 37.5 Å². The lowest BCUT2D eigenvalue weighted by Gasteiger charge is -2.09. The highest BCUT2D eigenvalue weighted by Crippen LogP contribution is 2.28. The van der Waals surface area contributed by atoms with Crippen molar-refractivity contribution in [2.24, 2.45) is 11.8 Å². The summed E-state index contributed by atoms with van der Waals surface area (Å²) in [4.78, 5) is 0. The van der Waals surface area contributed by atoms with Crippen molar-refractivity contribution in [2.45, 2.75) is 53.4 Å². The predicted molar refractivity (Wildman–Crippen MR) is 64.3 cm³/mol. The van der Waals surface area contributed by atoms with Gasteiger partial charge in [0.25, 0.3) is 0 Å². The molecule has 0 aromatic rings. The van der Waals surface area contributed by atoms with E-state index in [4.69, 9.17) is 0 Å². The topological polar surface area (TPSA) is 0 Å². The molecule has 0 nitrogen and oxygen atoms in total. The van der Waals surface area contributed by atoms with Crippen LogP contribution in [-0.2, 0) is 0 Å². The highest BCUT2D eigenvalue weighted by molar-refractivity contribution is 5.30. The Hall–Kier alpha value is -0.520. The van der Waals surface area contributed by atoms with E-state index in [-0.39, 0.29) is 0 Å². The fourth-order valence-corrected chi connectivity index (χ4v) is 1.96. The van der Waals surface area contributed by atoms with Gasteiger partial charge in [-0.1, -0.05) is 51.0 Å². The maximum Gasteiger partial charge on any atom is -0.0102 e. The van der Waals surface area contributed by atoms with Gasteiger partial charge < -0.3 is 0 Å². The van der Waals surface area contributed by atoms with Crippen LogP contribution in [0.15, 0.2) is 23.3 Å². The smallest absolute Gasteiger partial charge is 0.0102 e. The Morgan fingerprint density at radius 3 is 2.21 bits per heavy atom. The monoisotopic (exact) mass is 192 g/mol. The van der Waals surface area contributed by atoms with Crippen LogP contribution in [0.5, 0.6) is 0 Å². The first kappa shape index (κ1) is 11.6. The molecule has 0 heterocycles. The molecular weight excluding hydrogens is 168 g/mol. The van der Waals surface area contributed by atoms with Gasteiger partial charge in [0.2, 0.25) is 0 Å². The predicted octanol–water partition coefficient (Wildman–Crippen LogP) is 4.73. The standard InChI is InChI=1S/C14H24/c1-11(2)5-6-13-7-8-14(10-13)9-12(3)4/h7-8,11-12H,5-6,9-10H2,1-4H3. The molecule has 1 aliphatic rings. The molecule has 0 atom stereocenters. The minimum Gasteiger partial charge on any atom is -0.0661 e. The molecule has 14 heavy (non-hydrogen) atoms. The van der Waals surface area contributed by atoms with E-state index < -0.39 is 0 Å². The van der Waals surface area contributed by atoms with Crippen molar-refractivity contribution in [1.82, 2.24) is 0 Å². The molecule has 0 fully saturated rings. The van der Waals surface area contributed by atoms with Gasteiger partial charge in [0.05, 0.1) is 0 Å². The maximum absolute atomic E-state index is 2.35. The van der Waals surface area contributed by atoms with Crippen molar-refractivity contribution < 1.29 is 0 Å². The third kappa shape index (κ3) is 4.13. The van der Waals surface area contributed by atoms with E-state index in [9.17, 15) is 0 Å². The molecule has 80 valence electrons. The van der Waals surface area contributed by atoms with Crippen molar-refractivity contribution >= 4 is 0 Å². The summed E-state index contributed by atoms with van der Waals surface area (Å²) in [6, 6.07) is 0. The molecule has 0 heteroatoms. The van der Waals surface area contributed by atoms with E-state index in [2.05, 4.69) is 39.8 Å². The van der Waals surface area contributed by atoms with Crippen LogP contribution in [0.1, 0.15) is 53.4 Å². The lowest BCUT2D eigenvalue weighted by Crippen LogP contribution is -1.92. The molecular formula is C14H24. The van der Waals surface area contributed by atoms with Crippen LogP contribution < -0.4 is 0 Å². The van der Waals surface area contributed by atoms with Crippen LogP contribution in [0.25, 0.3) is 0 Å². The average Bonchev–Trinajstić information content (AvgIpc) is 2.47. The van der Waals surface area contributed by atoms with E-state index in [1.807, 2.05) is 0 Å². The summed E-state index contributed by atoms with van der Waals surface area (Å²) in [5.41, 5.74) is 3.29. The first-order valence-corrected chi connectivity index (χ1v) is 5.95. The highest BCUT2D eigenvalue weighted by Gasteiger charge is 2.09. The first-order chi connectivity index (χ1) is 6.58. The number of hydrogen-bond acceptors (Lipinski definition) is 0. The zero-order valence-corrected chi connectivity index (χ0v) is 10.1. The van der Waals surface area contributed by atoms with E-state index in [1.165, 1.54) is 25.7 Å². The molecule has 0 spiro atoms. The summed E-state index contributed by atoms with van der Waals surface area (Å²) < 4.78 is 0. The molecule has 0 unspecified atom stereocenters. The molecule has 0 aliphatic heterocycles. The van der Waals surface area contributed by atoms with Gasteiger partial charge in [-0.25, -0.2) is 0 Å². The van der Waals surface area contributed by atoms with Gasteiger partial charge in [0.15, 0.2) is 0 Å². The Morgan fingerprint density at radius 2 is 1.64 bits per heavy atom. The zero-order chi connectivity index (χ0) is 10.6. The third-order valence-corrected chi connectivity index (χ3v) is 2.72. The van der Waals surface area contributed by atoms with Crippen molar-refractivity contribution in [3.8, 4) is 0 Å². The lowest BCUT2D eigenvalue weighted by atomic mass is 9.97. The van der Waals surface area contributed by atoms with E-state index in [0.29, 0.717) is 0 Å². The first-order valence-electron chi connectivity index (χ1n) is 5.95. The average molecular weight is 192 g/mol. The number of rotatable bonds is 5. The molecule has 0 aromatic heterocycles. The minimum absolute atomic E-state index is 0.805. The van der Waals surface area contributed by atoms with Crippen molar-refractivity contribution in [3.63, 3.8) is 0 Å². The molecule has 0 aromatic carbocycles. The number of hydrogen-bond donors (Lipinski definition) is 0. The Balaban J connectivity index is 2.23. The van der Waals surface area contributed by atoms with Crippen molar-refractivity contribution in [3.05, 3.63) is 23.3 Å². The summed E-state index contributed by atoms with van der Waals surface area (Å²) in [5, 5.41) is 0. The summed E-state index contributed by atoms with van der Waals surface area (Å²) in [6.07, 6.45) is 9.87. The summed E-state index contributed by atoms with van der Waals surface area (Å²) in [5.74, 6) is 1.64. The Kier molecular flexibility index (Phi) is 4.44. The quantitative estimate of drug-likeness (QED) is 0.591. The van der Waals surface area contributed by atoms with Crippen molar-refractivity contribution in [1.29, 1.82) is 0 Å². The van der Waals surface area contributed by atoms with Gasteiger partial charge >= 0.3 is 0 Å². The summed E-state index contributed by atoms with van der Waals surface area (Å²) in [7, 11) is 0. The van der Waals surface area contributed by atoms with E-state index >= 15 is 0 Å². The zero-order valence-electron chi connectivity index (χ0n) is 10.1. The van der Waals surface area contributed by atoms with Gasteiger partial charge in [-0.15, -0.1) is 0 Å². The van der Waals surface area contributed by atoms with Crippen LogP contribution >= 0.6 is 0 Å². The lowest BCUT2D eigenvalue weighted by molar-refractivity contribution is 0.577. The van der Waals surface area contributed by atoms with E-state index in [0.717, 1.165) is 11.8 Å². The molecule has 0 radical (unpaired) electrons. The summed E-state index contributed by atoms with van der Waals surface area (Å²) in [6.45, 7) is 9.20. The van der Waals surface area contributed by atoms with Gasteiger partial charge in [-0.3, -0.25) is 0 Å². The van der Waals surface area contributed by atoms with Gasteiger partial charge in [0, 0.05) is 0 Å². The van der Waals surface area contributed by atoms with Crippen LogP contribution in [0, 0.1) is 11.8 Å². The largest absolute Gasteiger partial charge is 0.0661 e. The van der Waals surface area contributed by atoms with Gasteiger partial charge in [-0.2, -0.15) is 0 Å². The summed E-state index contributed by atoms with van der Waals surface area (Å²) >= 11 is 0. The second kappa shape index (κ2) is 5.38. The highest BCUT2D eigenvalue weighted by atomic mass is 14.2. The SMILES string of the molecule is CC(C)CCC1=CC=C(CC(C)C)C1. The fourth-order valence-electron chi connectivity index (χ4n) is 1.96. The maximum atomic E-state index is 2.35. The second-order valence-electron chi connectivity index (χ2n) is 5.36. The molecule has 0 amide bonds. The minimum atomic E-state index is 0.805. The van der Waals surface area contributed by atoms with Crippen LogP contribution in [0.3, 0.4) is 0 Å². The molecule has 1 aliphatic carbocycles. The molecule has 1 rings (SSSR count). The molecule has 0 saturated heterocycles. The Bertz CT molecular complexity index is 228. The van der Waals surface area contributed by atoms with Gasteiger partial charge in [0.1, 0.15) is 0 Å². The van der Waals surface area contributed by atoms with Crippen LogP contribution in [0.4, 0.5) is 0 Å². The Labute approximate surface area is 89.1 Å². The normalized spacial score (nSPS) is 16.4.